The third-order valence-electron chi connectivity index (χ3n) is 5.82. The molecule has 1 saturated heterocycles. The van der Waals surface area contributed by atoms with Gasteiger partial charge in [0.25, 0.3) is 0 Å². The maximum absolute atomic E-state index is 12.8. The van der Waals surface area contributed by atoms with Crippen molar-refractivity contribution in [2.45, 2.75) is 38.5 Å². The molecular weight excluding hydrogens is 378 g/mol. The van der Waals surface area contributed by atoms with Crippen LogP contribution in [0.4, 0.5) is 4.79 Å². The molecule has 2 aliphatic rings. The van der Waals surface area contributed by atoms with Crippen molar-refractivity contribution < 1.29 is 14.3 Å². The van der Waals surface area contributed by atoms with Gasteiger partial charge in [0.1, 0.15) is 6.61 Å². The van der Waals surface area contributed by atoms with Gasteiger partial charge in [0, 0.05) is 32.2 Å². The molecular formula is C24H31N3O3. The number of amides is 2. The van der Waals surface area contributed by atoms with Crippen LogP contribution in [0.1, 0.15) is 25.3 Å². The molecule has 4 rings (SSSR count). The van der Waals surface area contributed by atoms with Gasteiger partial charge >= 0.3 is 6.03 Å². The number of carbonyl (C=O) groups is 1. The van der Waals surface area contributed by atoms with Crippen LogP contribution < -0.4 is 14.8 Å². The molecule has 0 aromatic heterocycles. The maximum Gasteiger partial charge on any atom is 0.317 e. The Kier molecular flexibility index (Phi) is 6.74. The zero-order valence-corrected chi connectivity index (χ0v) is 17.6. The summed E-state index contributed by atoms with van der Waals surface area (Å²) in [5, 5.41) is 3.23. The highest BCUT2D eigenvalue weighted by Crippen LogP contribution is 2.31. The van der Waals surface area contributed by atoms with Crippen LogP contribution in [0.3, 0.4) is 0 Å². The molecule has 1 fully saturated rings. The van der Waals surface area contributed by atoms with Gasteiger partial charge < -0.3 is 19.7 Å². The van der Waals surface area contributed by atoms with Crippen molar-refractivity contribution in [3.8, 4) is 11.5 Å². The van der Waals surface area contributed by atoms with Crippen LogP contribution in [0.15, 0.2) is 54.6 Å². The highest BCUT2D eigenvalue weighted by Gasteiger charge is 2.27. The lowest BCUT2D eigenvalue weighted by atomic mass is 10.0. The third-order valence-corrected chi connectivity index (χ3v) is 5.82. The summed E-state index contributed by atoms with van der Waals surface area (Å²) in [5.41, 5.74) is 1.34. The van der Waals surface area contributed by atoms with Crippen LogP contribution >= 0.6 is 0 Å². The number of rotatable bonds is 6. The van der Waals surface area contributed by atoms with Crippen molar-refractivity contribution >= 4 is 6.03 Å². The number of fused-ring (bicyclic) bond motifs is 1. The second kappa shape index (κ2) is 9.85. The van der Waals surface area contributed by atoms with Crippen LogP contribution in [0.2, 0.25) is 0 Å². The zero-order valence-electron chi connectivity index (χ0n) is 17.6. The van der Waals surface area contributed by atoms with Crippen LogP contribution in [-0.4, -0.2) is 60.8 Å². The Balaban J connectivity index is 1.23. The van der Waals surface area contributed by atoms with E-state index in [1.54, 1.807) is 0 Å². The van der Waals surface area contributed by atoms with Gasteiger partial charge in [-0.05, 0) is 37.5 Å². The largest absolute Gasteiger partial charge is 0.486 e. The van der Waals surface area contributed by atoms with Crippen molar-refractivity contribution in [3.63, 3.8) is 0 Å². The summed E-state index contributed by atoms with van der Waals surface area (Å²) in [7, 11) is 0. The number of carbonyl (C=O) groups excluding carboxylic acids is 1. The van der Waals surface area contributed by atoms with Gasteiger partial charge in [0.15, 0.2) is 17.6 Å². The maximum atomic E-state index is 12.8. The molecule has 0 radical (unpaired) electrons. The summed E-state index contributed by atoms with van der Waals surface area (Å²) in [6.45, 7) is 6.59. The van der Waals surface area contributed by atoms with Crippen molar-refractivity contribution in [1.82, 2.24) is 15.1 Å². The standard InChI is InChI=1S/C24H31N3O3/c1-2-27(17-21-18-29-22-10-6-7-11-23(22)30-21)24(28)25-20-12-14-26(15-13-20)16-19-8-4-3-5-9-19/h3-11,20-21H,2,12-18H2,1H3,(H,25,28)/t21-/m1/s1. The number of para-hydroxylation sites is 2. The lowest BCUT2D eigenvalue weighted by Gasteiger charge is -2.35. The molecule has 160 valence electrons. The fraction of sp³-hybridized carbons (Fsp3) is 0.458. The molecule has 30 heavy (non-hydrogen) atoms. The zero-order chi connectivity index (χ0) is 20.8. The lowest BCUT2D eigenvalue weighted by molar-refractivity contribution is 0.0665. The smallest absolute Gasteiger partial charge is 0.317 e. The molecule has 2 amide bonds. The molecule has 0 aliphatic carbocycles. The van der Waals surface area contributed by atoms with Gasteiger partial charge in [-0.25, -0.2) is 4.79 Å². The predicted octanol–water partition coefficient (Wildman–Crippen LogP) is 3.52. The summed E-state index contributed by atoms with van der Waals surface area (Å²) >= 11 is 0. The second-order valence-electron chi connectivity index (χ2n) is 8.02. The number of urea groups is 1. The van der Waals surface area contributed by atoms with E-state index < -0.39 is 0 Å². The van der Waals surface area contributed by atoms with E-state index >= 15 is 0 Å². The third kappa shape index (κ3) is 5.25. The van der Waals surface area contributed by atoms with Gasteiger partial charge in [-0.1, -0.05) is 42.5 Å². The van der Waals surface area contributed by atoms with Gasteiger partial charge in [-0.3, -0.25) is 4.90 Å². The van der Waals surface area contributed by atoms with Crippen molar-refractivity contribution in [2.75, 3.05) is 32.8 Å². The highest BCUT2D eigenvalue weighted by atomic mass is 16.6. The monoisotopic (exact) mass is 409 g/mol. The Labute approximate surface area is 178 Å². The predicted molar refractivity (Wildman–Crippen MR) is 117 cm³/mol. The molecule has 6 heteroatoms. The number of hydrogen-bond acceptors (Lipinski definition) is 4. The Hall–Kier alpha value is -2.73. The number of ether oxygens (including phenoxy) is 2. The van der Waals surface area contributed by atoms with Crippen LogP contribution in [0.25, 0.3) is 0 Å². The van der Waals surface area contributed by atoms with Crippen LogP contribution in [0, 0.1) is 0 Å². The summed E-state index contributed by atoms with van der Waals surface area (Å²) in [6, 6.07) is 18.4. The minimum Gasteiger partial charge on any atom is -0.486 e. The van der Waals surface area contributed by atoms with Crippen molar-refractivity contribution in [3.05, 3.63) is 60.2 Å². The fourth-order valence-corrected chi connectivity index (χ4v) is 4.10. The molecule has 2 aromatic carbocycles. The Morgan fingerprint density at radius 1 is 1.07 bits per heavy atom. The van der Waals surface area contributed by atoms with Crippen LogP contribution in [0.5, 0.6) is 11.5 Å². The number of nitrogens with zero attached hydrogens (tertiary/aromatic N) is 2. The van der Waals surface area contributed by atoms with E-state index in [0.29, 0.717) is 19.7 Å². The number of benzene rings is 2. The average Bonchev–Trinajstić information content (AvgIpc) is 2.79. The minimum atomic E-state index is -0.154. The summed E-state index contributed by atoms with van der Waals surface area (Å²) in [4.78, 5) is 17.1. The van der Waals surface area contributed by atoms with E-state index in [-0.39, 0.29) is 18.2 Å². The number of piperidine rings is 1. The lowest BCUT2D eigenvalue weighted by Crippen LogP contribution is -2.52. The Bertz CT molecular complexity index is 821. The number of likely N-dealkylation sites (tertiary alicyclic amines) is 1. The quantitative estimate of drug-likeness (QED) is 0.793. The molecule has 0 saturated carbocycles. The molecule has 2 aliphatic heterocycles. The van der Waals surface area contributed by atoms with E-state index in [9.17, 15) is 4.79 Å². The Morgan fingerprint density at radius 3 is 2.50 bits per heavy atom. The van der Waals surface area contributed by atoms with E-state index in [4.69, 9.17) is 9.47 Å². The van der Waals surface area contributed by atoms with Gasteiger partial charge in [-0.15, -0.1) is 0 Å². The van der Waals surface area contributed by atoms with E-state index in [2.05, 4.69) is 34.5 Å². The minimum absolute atomic E-state index is 0.0125. The molecule has 1 atom stereocenters. The average molecular weight is 410 g/mol. The first-order valence-corrected chi connectivity index (χ1v) is 10.9. The number of likely N-dealkylation sites (N-methyl/N-ethyl adjacent to an activating group) is 1. The highest BCUT2D eigenvalue weighted by molar-refractivity contribution is 5.74. The van der Waals surface area contributed by atoms with E-state index in [0.717, 1.165) is 44.0 Å². The summed E-state index contributed by atoms with van der Waals surface area (Å²) in [5.74, 6) is 1.51. The number of hydrogen-bond donors (Lipinski definition) is 1. The van der Waals surface area contributed by atoms with Crippen molar-refractivity contribution in [1.29, 1.82) is 0 Å². The summed E-state index contributed by atoms with van der Waals surface area (Å²) < 4.78 is 11.8. The SMILES string of the molecule is CCN(C[C@@H]1COc2ccccc2O1)C(=O)NC1CCN(Cc2ccccc2)CC1. The molecule has 6 nitrogen and oxygen atoms in total. The topological polar surface area (TPSA) is 54.0 Å². The van der Waals surface area contributed by atoms with E-state index in [1.165, 1.54) is 5.56 Å². The molecule has 2 heterocycles. The summed E-state index contributed by atoms with van der Waals surface area (Å²) in [6.07, 6.45) is 1.80. The molecule has 0 unspecified atom stereocenters. The molecule has 0 spiro atoms. The van der Waals surface area contributed by atoms with E-state index in [1.807, 2.05) is 42.2 Å². The Morgan fingerprint density at radius 2 is 1.77 bits per heavy atom. The van der Waals surface area contributed by atoms with Gasteiger partial charge in [-0.2, -0.15) is 0 Å². The molecule has 1 N–H and O–H groups in total. The molecule has 0 bridgehead atoms. The normalized spacial score (nSPS) is 19.3. The van der Waals surface area contributed by atoms with Gasteiger partial charge in [0.2, 0.25) is 0 Å². The first-order valence-electron chi connectivity index (χ1n) is 10.9. The van der Waals surface area contributed by atoms with Gasteiger partial charge in [0.05, 0.1) is 6.54 Å². The molecule has 2 aromatic rings. The number of nitrogens with one attached hydrogen (secondary N) is 1. The fourth-order valence-electron chi connectivity index (χ4n) is 4.10. The second-order valence-corrected chi connectivity index (χ2v) is 8.02. The first kappa shape index (κ1) is 20.5. The van der Waals surface area contributed by atoms with Crippen LogP contribution in [-0.2, 0) is 6.54 Å². The first-order chi connectivity index (χ1) is 14.7. The van der Waals surface area contributed by atoms with Crippen molar-refractivity contribution in [2.24, 2.45) is 0 Å².